The lowest BCUT2D eigenvalue weighted by molar-refractivity contribution is -0.874. The molecule has 11 heteroatoms. The predicted octanol–water partition coefficient (Wildman–Crippen LogP) is 5.19. The molecule has 6 aromatic rings. The van der Waals surface area contributed by atoms with Crippen molar-refractivity contribution in [3.63, 3.8) is 0 Å². The molecule has 2 saturated heterocycles. The van der Waals surface area contributed by atoms with Crippen LogP contribution in [0.4, 0.5) is 14.5 Å². The predicted molar refractivity (Wildman–Crippen MR) is 151 cm³/mol. The number of aromatic amines is 1. The number of piperazine rings is 1. The van der Waals surface area contributed by atoms with Crippen molar-refractivity contribution in [2.75, 3.05) is 25.0 Å². The average molecular weight is 551 g/mol. The number of nitrogens with zero attached hydrogens (tertiary/aromatic N) is 7. The van der Waals surface area contributed by atoms with E-state index in [1.807, 2.05) is 35.2 Å². The van der Waals surface area contributed by atoms with Crippen molar-refractivity contribution in [3.05, 3.63) is 90.2 Å². The van der Waals surface area contributed by atoms with E-state index in [-0.39, 0.29) is 28.0 Å². The van der Waals surface area contributed by atoms with Crippen LogP contribution in [0.1, 0.15) is 6.42 Å². The van der Waals surface area contributed by atoms with E-state index in [9.17, 15) is 5.21 Å². The van der Waals surface area contributed by atoms with E-state index in [0.717, 1.165) is 34.0 Å². The quantitative estimate of drug-likeness (QED) is 0.240. The Bertz CT molecular complexity index is 1950. The highest BCUT2D eigenvalue weighted by atomic mass is 19.1. The Labute approximate surface area is 232 Å². The molecule has 0 aliphatic carbocycles. The van der Waals surface area contributed by atoms with Crippen LogP contribution in [0.2, 0.25) is 0 Å². The zero-order valence-electron chi connectivity index (χ0n) is 22.0. The van der Waals surface area contributed by atoms with E-state index in [4.69, 9.17) is 5.10 Å². The molecular formula is C30H24F2N8O. The number of nitrogens with one attached hydrogen (secondary N) is 1. The van der Waals surface area contributed by atoms with Crippen LogP contribution in [0.25, 0.3) is 50.2 Å². The van der Waals surface area contributed by atoms with Crippen molar-refractivity contribution < 1.29 is 13.4 Å². The Morgan fingerprint density at radius 3 is 2.56 bits per heavy atom. The molecule has 1 N–H and O–H groups in total. The second-order valence-electron chi connectivity index (χ2n) is 11.0. The Hall–Kier alpha value is -4.74. The van der Waals surface area contributed by atoms with Crippen LogP contribution in [0, 0.1) is 16.8 Å². The summed E-state index contributed by atoms with van der Waals surface area (Å²) in [6.07, 6.45) is 7.36. The molecule has 2 fully saturated rings. The lowest BCUT2D eigenvalue weighted by Crippen LogP contribution is -2.54. The highest BCUT2D eigenvalue weighted by molar-refractivity contribution is 6.02. The number of quaternary nitrogens is 1. The molecule has 9 nitrogen and oxygen atoms in total. The van der Waals surface area contributed by atoms with Crippen LogP contribution < -0.4 is 4.90 Å². The van der Waals surface area contributed by atoms with Gasteiger partial charge in [0.25, 0.3) is 0 Å². The molecule has 1 unspecified atom stereocenters. The van der Waals surface area contributed by atoms with Gasteiger partial charge in [-0.1, -0.05) is 12.1 Å². The van der Waals surface area contributed by atoms with Crippen molar-refractivity contribution in [2.24, 2.45) is 0 Å². The van der Waals surface area contributed by atoms with Gasteiger partial charge in [-0.25, -0.2) is 18.3 Å². The maximum atomic E-state index is 15.9. The SMILES string of the molecule is C[N+]1([O-])C[C@@H]2C[C@H]1CN2c1cc(F)c(-c2ccnc3c(-c4cccc5[nH]ncc45)c(-c4ccncc4)nn23)c(F)c1. The molecule has 0 saturated carbocycles. The van der Waals surface area contributed by atoms with E-state index in [0.29, 0.717) is 30.1 Å². The highest BCUT2D eigenvalue weighted by Gasteiger charge is 2.49. The summed E-state index contributed by atoms with van der Waals surface area (Å²) >= 11 is 0. The van der Waals surface area contributed by atoms with E-state index >= 15 is 8.78 Å². The summed E-state index contributed by atoms with van der Waals surface area (Å²) < 4.78 is 33.0. The van der Waals surface area contributed by atoms with Crippen molar-refractivity contribution in [2.45, 2.75) is 18.5 Å². The second-order valence-corrected chi connectivity index (χ2v) is 11.0. The number of likely N-dealkylation sites (N-methyl/N-ethyl adjacent to an activating group) is 1. The molecule has 0 spiro atoms. The van der Waals surface area contributed by atoms with Gasteiger partial charge in [0.15, 0.2) is 5.65 Å². The van der Waals surface area contributed by atoms with E-state index < -0.39 is 11.6 Å². The molecule has 2 aliphatic rings. The van der Waals surface area contributed by atoms with Gasteiger partial charge in [-0.2, -0.15) is 10.2 Å². The number of hydroxylamine groups is 3. The molecule has 204 valence electrons. The van der Waals surface area contributed by atoms with Crippen LogP contribution in [-0.2, 0) is 0 Å². The molecule has 41 heavy (non-hydrogen) atoms. The number of anilines is 1. The number of rotatable bonds is 4. The van der Waals surface area contributed by atoms with Gasteiger partial charge in [-0.05, 0) is 42.0 Å². The molecular weight excluding hydrogens is 526 g/mol. The van der Waals surface area contributed by atoms with Gasteiger partial charge in [0.2, 0.25) is 0 Å². The molecule has 0 amide bonds. The molecule has 2 aliphatic heterocycles. The summed E-state index contributed by atoms with van der Waals surface area (Å²) in [5, 5.41) is 25.5. The number of pyridine rings is 1. The molecule has 2 bridgehead atoms. The number of halogens is 2. The van der Waals surface area contributed by atoms with Crippen molar-refractivity contribution in [3.8, 4) is 33.6 Å². The van der Waals surface area contributed by atoms with Crippen LogP contribution in [0.5, 0.6) is 0 Å². The highest BCUT2D eigenvalue weighted by Crippen LogP contribution is 2.42. The zero-order chi connectivity index (χ0) is 27.9. The van der Waals surface area contributed by atoms with Gasteiger partial charge in [-0.3, -0.25) is 10.1 Å². The van der Waals surface area contributed by atoms with Crippen molar-refractivity contribution in [1.29, 1.82) is 0 Å². The van der Waals surface area contributed by atoms with Gasteiger partial charge >= 0.3 is 0 Å². The Morgan fingerprint density at radius 1 is 1.02 bits per heavy atom. The van der Waals surface area contributed by atoms with Crippen LogP contribution in [-0.4, -0.2) is 66.6 Å². The first-order valence-corrected chi connectivity index (χ1v) is 13.4. The second kappa shape index (κ2) is 8.63. The molecule has 8 rings (SSSR count). The fraction of sp³-hybridized carbons (Fsp3) is 0.200. The Balaban J connectivity index is 1.31. The minimum absolute atomic E-state index is 0.0259. The van der Waals surface area contributed by atoms with Gasteiger partial charge in [-0.15, -0.1) is 0 Å². The molecule has 3 atom stereocenters. The summed E-state index contributed by atoms with van der Waals surface area (Å²) in [6, 6.07) is 13.7. The summed E-state index contributed by atoms with van der Waals surface area (Å²) in [6.45, 7) is 0.900. The van der Waals surface area contributed by atoms with E-state index in [1.165, 1.54) is 16.6 Å². The third-order valence-electron chi connectivity index (χ3n) is 8.58. The monoisotopic (exact) mass is 550 g/mol. The lowest BCUT2D eigenvalue weighted by atomic mass is 9.99. The van der Waals surface area contributed by atoms with Gasteiger partial charge in [0.05, 0.1) is 54.7 Å². The smallest absolute Gasteiger partial charge is 0.164 e. The van der Waals surface area contributed by atoms with Gasteiger partial charge in [0.1, 0.15) is 23.4 Å². The van der Waals surface area contributed by atoms with Gasteiger partial charge in [0, 0.05) is 41.6 Å². The van der Waals surface area contributed by atoms with Crippen LogP contribution in [0.3, 0.4) is 0 Å². The number of benzene rings is 2. The number of hydrogen-bond acceptors (Lipinski definition) is 6. The first-order valence-electron chi connectivity index (χ1n) is 13.4. The first-order chi connectivity index (χ1) is 19.9. The third-order valence-corrected chi connectivity index (χ3v) is 8.58. The standard InChI is InChI=1S/C30H24F2N8O/c1-40(41)16-19-11-20(40)15-38(19)18-12-23(31)28(24(32)13-18)26-7-10-34-30-27(21-3-2-4-25-22(21)14-35-36-25)29(37-39(26)30)17-5-8-33-9-6-17/h2-10,12-14,19-20H,11,15-16H2,1H3,(H,35,36)/t19-,20-,40?/m0/s1. The summed E-state index contributed by atoms with van der Waals surface area (Å²) in [5.74, 6) is -1.40. The van der Waals surface area contributed by atoms with Crippen molar-refractivity contribution >= 4 is 22.2 Å². The Kier molecular flexibility index (Phi) is 5.07. The minimum atomic E-state index is -0.700. The maximum Gasteiger partial charge on any atom is 0.164 e. The van der Waals surface area contributed by atoms with Crippen molar-refractivity contribution in [1.82, 2.24) is 29.8 Å². The van der Waals surface area contributed by atoms with Gasteiger partial charge < -0.3 is 14.8 Å². The normalized spacial score (nSPS) is 21.9. The fourth-order valence-electron chi connectivity index (χ4n) is 6.60. The average Bonchev–Trinajstić information content (AvgIpc) is 3.74. The van der Waals surface area contributed by atoms with Crippen LogP contribution in [0.15, 0.2) is 73.3 Å². The lowest BCUT2D eigenvalue weighted by Gasteiger charge is -2.45. The topological polar surface area (TPSA) is 98.1 Å². The minimum Gasteiger partial charge on any atom is -0.633 e. The van der Waals surface area contributed by atoms with Crippen LogP contribution >= 0.6 is 0 Å². The zero-order valence-corrected chi connectivity index (χ0v) is 22.0. The largest absolute Gasteiger partial charge is 0.633 e. The summed E-state index contributed by atoms with van der Waals surface area (Å²) in [4.78, 5) is 10.7. The van der Waals surface area contributed by atoms with E-state index in [2.05, 4.69) is 20.2 Å². The fourth-order valence-corrected chi connectivity index (χ4v) is 6.60. The van der Waals surface area contributed by atoms with E-state index in [1.54, 1.807) is 37.9 Å². The summed E-state index contributed by atoms with van der Waals surface area (Å²) in [7, 11) is 1.67. The number of hydrogen-bond donors (Lipinski definition) is 1. The number of aromatic nitrogens is 6. The molecule has 6 heterocycles. The third kappa shape index (κ3) is 3.59. The Morgan fingerprint density at radius 2 is 1.83 bits per heavy atom. The number of H-pyrrole nitrogens is 1. The number of likely N-dealkylation sites (tertiary alicyclic amines) is 1. The molecule has 0 radical (unpaired) electrons. The maximum absolute atomic E-state index is 15.9. The number of fused-ring (bicyclic) bond motifs is 4. The first kappa shape index (κ1) is 24.1. The molecule has 2 aromatic carbocycles. The molecule has 4 aromatic heterocycles. The summed E-state index contributed by atoms with van der Waals surface area (Å²) in [5.41, 5.74) is 4.75.